The molecule has 2 N–H and O–H groups in total. The Morgan fingerprint density at radius 3 is 2.35 bits per heavy atom. The molecule has 2 nitrogen and oxygen atoms in total. The summed E-state index contributed by atoms with van der Waals surface area (Å²) in [5.41, 5.74) is 1.26. The van der Waals surface area contributed by atoms with E-state index in [2.05, 4.69) is 13.8 Å². The zero-order chi connectivity index (χ0) is 12.8. The van der Waals surface area contributed by atoms with Gasteiger partial charge in [0.2, 0.25) is 0 Å². The number of hydrogen-bond acceptors (Lipinski definition) is 2. The van der Waals surface area contributed by atoms with Crippen LogP contribution < -0.4 is 0 Å². The van der Waals surface area contributed by atoms with Gasteiger partial charge in [0.1, 0.15) is 5.75 Å². The summed E-state index contributed by atoms with van der Waals surface area (Å²) in [6, 6.07) is 5.84. The van der Waals surface area contributed by atoms with E-state index in [0.29, 0.717) is 5.75 Å². The van der Waals surface area contributed by atoms with E-state index >= 15 is 0 Å². The monoisotopic (exact) mass is 234 g/mol. The molecule has 0 spiro atoms. The van der Waals surface area contributed by atoms with Crippen molar-refractivity contribution in [2.45, 2.75) is 51.6 Å². The lowest BCUT2D eigenvalue weighted by Gasteiger charge is -2.35. The van der Waals surface area contributed by atoms with Crippen molar-refractivity contribution >= 4 is 0 Å². The molecule has 3 unspecified atom stereocenters. The number of aryl methyl sites for hydroxylation is 1. The van der Waals surface area contributed by atoms with Gasteiger partial charge in [-0.25, -0.2) is 0 Å². The summed E-state index contributed by atoms with van der Waals surface area (Å²) in [4.78, 5) is 0. The van der Waals surface area contributed by atoms with Crippen molar-refractivity contribution in [3.05, 3.63) is 29.3 Å². The van der Waals surface area contributed by atoms with Gasteiger partial charge < -0.3 is 10.2 Å². The Labute approximate surface area is 103 Å². The molecule has 1 aromatic carbocycles. The number of hydrogen-bond donors (Lipinski definition) is 2. The lowest BCUT2D eigenvalue weighted by molar-refractivity contribution is 0.0146. The lowest BCUT2D eigenvalue weighted by atomic mass is 9.71. The minimum atomic E-state index is -0.633. The number of phenols is 1. The first-order chi connectivity index (χ1) is 7.77. The fraction of sp³-hybridized carbons (Fsp3) is 0.600. The Bertz CT molecular complexity index is 437. The minimum absolute atomic E-state index is 0.138. The zero-order valence-electron chi connectivity index (χ0n) is 11.1. The SMILES string of the molecule is Cc1ccc(C2(C)CCC(C)(O)C2C)c(O)c1. The van der Waals surface area contributed by atoms with Crippen LogP contribution >= 0.6 is 0 Å². The molecular weight excluding hydrogens is 212 g/mol. The third kappa shape index (κ3) is 1.85. The van der Waals surface area contributed by atoms with Gasteiger partial charge in [0.05, 0.1) is 5.60 Å². The molecule has 0 aromatic heterocycles. The largest absolute Gasteiger partial charge is 0.508 e. The highest BCUT2D eigenvalue weighted by molar-refractivity contribution is 5.42. The molecule has 2 rings (SSSR count). The summed E-state index contributed by atoms with van der Waals surface area (Å²) in [6.45, 7) is 8.09. The van der Waals surface area contributed by atoms with Crippen LogP contribution in [0.1, 0.15) is 44.7 Å². The van der Waals surface area contributed by atoms with Crippen molar-refractivity contribution in [1.82, 2.24) is 0 Å². The minimum Gasteiger partial charge on any atom is -0.508 e. The van der Waals surface area contributed by atoms with Crippen molar-refractivity contribution < 1.29 is 10.2 Å². The second-order valence-corrected chi connectivity index (χ2v) is 6.02. The van der Waals surface area contributed by atoms with Gasteiger partial charge >= 0.3 is 0 Å². The predicted molar refractivity (Wildman–Crippen MR) is 69.2 cm³/mol. The molecule has 1 saturated carbocycles. The Morgan fingerprint density at radius 1 is 1.24 bits per heavy atom. The number of rotatable bonds is 1. The van der Waals surface area contributed by atoms with E-state index in [1.807, 2.05) is 26.0 Å². The average molecular weight is 234 g/mol. The summed E-state index contributed by atoms with van der Waals surface area (Å²) >= 11 is 0. The molecule has 0 aliphatic heterocycles. The molecule has 0 radical (unpaired) electrons. The number of benzene rings is 1. The van der Waals surface area contributed by atoms with Crippen LogP contribution in [0, 0.1) is 12.8 Å². The van der Waals surface area contributed by atoms with Gasteiger partial charge in [-0.3, -0.25) is 0 Å². The van der Waals surface area contributed by atoms with Gasteiger partial charge in [-0.2, -0.15) is 0 Å². The summed E-state index contributed by atoms with van der Waals surface area (Å²) in [7, 11) is 0. The Balaban J connectivity index is 2.46. The molecule has 1 aliphatic carbocycles. The van der Waals surface area contributed by atoms with Crippen LogP contribution in [0.25, 0.3) is 0 Å². The smallest absolute Gasteiger partial charge is 0.119 e. The summed E-state index contributed by atoms with van der Waals surface area (Å²) in [5, 5.41) is 20.4. The number of aliphatic hydroxyl groups is 1. The van der Waals surface area contributed by atoms with Crippen LogP contribution in [0.4, 0.5) is 0 Å². The van der Waals surface area contributed by atoms with Gasteiger partial charge in [-0.05, 0) is 44.2 Å². The average Bonchev–Trinajstić information content (AvgIpc) is 2.43. The third-order valence-electron chi connectivity index (χ3n) is 4.81. The van der Waals surface area contributed by atoms with Crippen molar-refractivity contribution in [2.24, 2.45) is 5.92 Å². The molecule has 0 bridgehead atoms. The topological polar surface area (TPSA) is 40.5 Å². The van der Waals surface area contributed by atoms with Crippen molar-refractivity contribution in [3.8, 4) is 5.75 Å². The van der Waals surface area contributed by atoms with E-state index in [1.54, 1.807) is 6.07 Å². The molecular formula is C15H22O2. The fourth-order valence-electron chi connectivity index (χ4n) is 3.12. The first-order valence-electron chi connectivity index (χ1n) is 6.30. The molecule has 1 aliphatic rings. The molecule has 3 atom stereocenters. The van der Waals surface area contributed by atoms with Gasteiger partial charge in [-0.15, -0.1) is 0 Å². The van der Waals surface area contributed by atoms with Crippen LogP contribution in [-0.4, -0.2) is 15.8 Å². The quantitative estimate of drug-likeness (QED) is 0.783. The zero-order valence-corrected chi connectivity index (χ0v) is 11.1. The predicted octanol–water partition coefficient (Wildman–Crippen LogP) is 3.14. The fourth-order valence-corrected chi connectivity index (χ4v) is 3.12. The van der Waals surface area contributed by atoms with Crippen molar-refractivity contribution in [3.63, 3.8) is 0 Å². The maximum absolute atomic E-state index is 10.3. The second-order valence-electron chi connectivity index (χ2n) is 6.02. The van der Waals surface area contributed by atoms with E-state index in [-0.39, 0.29) is 11.3 Å². The van der Waals surface area contributed by atoms with E-state index in [0.717, 1.165) is 24.0 Å². The normalized spacial score (nSPS) is 37.4. The molecule has 94 valence electrons. The maximum Gasteiger partial charge on any atom is 0.119 e. The molecule has 2 heteroatoms. The van der Waals surface area contributed by atoms with Gasteiger partial charge in [0.25, 0.3) is 0 Å². The summed E-state index contributed by atoms with van der Waals surface area (Å²) in [5.74, 6) is 0.501. The van der Waals surface area contributed by atoms with E-state index < -0.39 is 5.60 Å². The van der Waals surface area contributed by atoms with Crippen LogP contribution in [0.2, 0.25) is 0 Å². The molecule has 0 amide bonds. The van der Waals surface area contributed by atoms with Gasteiger partial charge in [0, 0.05) is 11.0 Å². The van der Waals surface area contributed by atoms with E-state index in [1.165, 1.54) is 0 Å². The third-order valence-corrected chi connectivity index (χ3v) is 4.81. The van der Waals surface area contributed by atoms with Crippen LogP contribution in [0.5, 0.6) is 5.75 Å². The Kier molecular flexibility index (Phi) is 2.74. The molecule has 0 saturated heterocycles. The van der Waals surface area contributed by atoms with Crippen LogP contribution in [0.3, 0.4) is 0 Å². The molecule has 1 fully saturated rings. The standard InChI is InChI=1S/C15H22O2/c1-10-5-6-12(13(16)9-10)14(3)7-8-15(4,17)11(14)2/h5-6,9,11,16-17H,7-8H2,1-4H3. The first-order valence-corrected chi connectivity index (χ1v) is 6.30. The van der Waals surface area contributed by atoms with Crippen LogP contribution in [-0.2, 0) is 5.41 Å². The van der Waals surface area contributed by atoms with Crippen LogP contribution in [0.15, 0.2) is 18.2 Å². The highest BCUT2D eigenvalue weighted by atomic mass is 16.3. The van der Waals surface area contributed by atoms with Crippen molar-refractivity contribution in [2.75, 3.05) is 0 Å². The van der Waals surface area contributed by atoms with Crippen molar-refractivity contribution in [1.29, 1.82) is 0 Å². The van der Waals surface area contributed by atoms with E-state index in [9.17, 15) is 10.2 Å². The van der Waals surface area contributed by atoms with Gasteiger partial charge in [0.15, 0.2) is 0 Å². The molecule has 0 heterocycles. The number of aromatic hydroxyl groups is 1. The second kappa shape index (κ2) is 3.74. The molecule has 17 heavy (non-hydrogen) atoms. The summed E-state index contributed by atoms with van der Waals surface area (Å²) < 4.78 is 0. The highest BCUT2D eigenvalue weighted by Gasteiger charge is 2.50. The Morgan fingerprint density at radius 2 is 1.88 bits per heavy atom. The lowest BCUT2D eigenvalue weighted by Crippen LogP contribution is -2.36. The highest BCUT2D eigenvalue weighted by Crippen LogP contribution is 2.52. The Hall–Kier alpha value is -1.02. The summed E-state index contributed by atoms with van der Waals surface area (Å²) in [6.07, 6.45) is 1.70. The number of phenolic OH excluding ortho intramolecular Hbond substituents is 1. The first kappa shape index (κ1) is 12.4. The molecule has 1 aromatic rings. The van der Waals surface area contributed by atoms with E-state index in [4.69, 9.17) is 0 Å². The maximum atomic E-state index is 10.3. The van der Waals surface area contributed by atoms with Gasteiger partial charge in [-0.1, -0.05) is 26.0 Å².